The molecule has 0 aliphatic heterocycles. The Labute approximate surface area is 104 Å². The zero-order valence-electron chi connectivity index (χ0n) is 11.3. The number of hydrogen-bond donors (Lipinski definition) is 2. The molecule has 0 fully saturated rings. The van der Waals surface area contributed by atoms with E-state index in [2.05, 4.69) is 13.8 Å². The number of Topliss-reactive ketones (excluding diaryl/α,β-unsaturated/α-hetero) is 1. The summed E-state index contributed by atoms with van der Waals surface area (Å²) in [6, 6.07) is -0.374. The predicted molar refractivity (Wildman–Crippen MR) is 67.6 cm³/mol. The van der Waals surface area contributed by atoms with E-state index < -0.39 is 5.97 Å². The zero-order chi connectivity index (χ0) is 13.6. The van der Waals surface area contributed by atoms with Gasteiger partial charge in [0, 0.05) is 0 Å². The van der Waals surface area contributed by atoms with Crippen LogP contribution >= 0.6 is 0 Å². The average molecular weight is 243 g/mol. The highest BCUT2D eigenvalue weighted by atomic mass is 16.4. The summed E-state index contributed by atoms with van der Waals surface area (Å²) < 4.78 is 0. The molecular formula is C13H25NO3. The lowest BCUT2D eigenvalue weighted by atomic mass is 9.84. The van der Waals surface area contributed by atoms with E-state index in [0.29, 0.717) is 24.7 Å². The summed E-state index contributed by atoms with van der Waals surface area (Å²) in [6.45, 7) is 7.38. The van der Waals surface area contributed by atoms with Crippen LogP contribution in [0.25, 0.3) is 0 Å². The van der Waals surface area contributed by atoms with Crippen molar-refractivity contribution in [2.24, 2.45) is 23.5 Å². The lowest BCUT2D eigenvalue weighted by molar-refractivity contribution is -0.141. The number of carboxylic acid groups (broad SMARTS) is 1. The smallest absolute Gasteiger partial charge is 0.306 e. The van der Waals surface area contributed by atoms with Gasteiger partial charge >= 0.3 is 5.97 Å². The normalized spacial score (nSPS) is 18.2. The number of carboxylic acids is 1. The first-order valence-corrected chi connectivity index (χ1v) is 6.24. The minimum atomic E-state index is -0.746. The Balaban J connectivity index is 4.01. The molecule has 0 aliphatic rings. The standard InChI is InChI=1S/C13H25NO3/c1-8(5-6-12(14)11(4)15)9(2)7-10(3)13(16)17/h8-10,12H,5-7,14H2,1-4H3,(H,16,17)/t8?,9?,10-,12-/m0/s1. The molecule has 0 saturated carbocycles. The highest BCUT2D eigenvalue weighted by molar-refractivity contribution is 5.81. The van der Waals surface area contributed by atoms with E-state index in [9.17, 15) is 9.59 Å². The van der Waals surface area contributed by atoms with E-state index in [-0.39, 0.29) is 17.7 Å². The Morgan fingerprint density at radius 2 is 1.65 bits per heavy atom. The second-order valence-electron chi connectivity index (χ2n) is 5.22. The zero-order valence-corrected chi connectivity index (χ0v) is 11.3. The molecule has 0 aliphatic carbocycles. The van der Waals surface area contributed by atoms with Crippen LogP contribution in [0.2, 0.25) is 0 Å². The van der Waals surface area contributed by atoms with Gasteiger partial charge in [-0.3, -0.25) is 9.59 Å². The van der Waals surface area contributed by atoms with E-state index >= 15 is 0 Å². The average Bonchev–Trinajstić information content (AvgIpc) is 2.24. The first-order chi connectivity index (χ1) is 7.75. The number of carbonyl (C=O) groups is 2. The summed E-state index contributed by atoms with van der Waals surface area (Å²) in [7, 11) is 0. The number of aliphatic carboxylic acids is 1. The Kier molecular flexibility index (Phi) is 7.04. The summed E-state index contributed by atoms with van der Waals surface area (Å²) in [5.41, 5.74) is 5.67. The van der Waals surface area contributed by atoms with Crippen molar-refractivity contribution in [3.05, 3.63) is 0 Å². The molecule has 100 valence electrons. The molecule has 17 heavy (non-hydrogen) atoms. The molecule has 0 aromatic heterocycles. The third kappa shape index (κ3) is 6.41. The number of nitrogens with two attached hydrogens (primary N) is 1. The molecule has 0 saturated heterocycles. The summed E-state index contributed by atoms with van der Waals surface area (Å²) in [6.07, 6.45) is 2.22. The fraction of sp³-hybridized carbons (Fsp3) is 0.846. The van der Waals surface area contributed by atoms with Crippen molar-refractivity contribution in [3.63, 3.8) is 0 Å². The molecule has 0 aromatic rings. The Morgan fingerprint density at radius 3 is 2.06 bits per heavy atom. The molecule has 0 amide bonds. The van der Waals surface area contributed by atoms with Crippen LogP contribution in [0.4, 0.5) is 0 Å². The molecule has 0 bridgehead atoms. The van der Waals surface area contributed by atoms with Crippen molar-refractivity contribution >= 4 is 11.8 Å². The van der Waals surface area contributed by atoms with Gasteiger partial charge in [0.15, 0.2) is 0 Å². The van der Waals surface area contributed by atoms with E-state index in [1.165, 1.54) is 6.92 Å². The highest BCUT2D eigenvalue weighted by Crippen LogP contribution is 2.24. The summed E-state index contributed by atoms with van der Waals surface area (Å²) >= 11 is 0. The number of ketones is 1. The molecule has 0 radical (unpaired) electrons. The lowest BCUT2D eigenvalue weighted by Crippen LogP contribution is -2.29. The molecule has 4 heteroatoms. The molecule has 4 atom stereocenters. The van der Waals surface area contributed by atoms with Crippen LogP contribution in [-0.2, 0) is 9.59 Å². The molecule has 2 unspecified atom stereocenters. The van der Waals surface area contributed by atoms with Crippen LogP contribution in [-0.4, -0.2) is 22.9 Å². The van der Waals surface area contributed by atoms with Gasteiger partial charge in [0.05, 0.1) is 12.0 Å². The quantitative estimate of drug-likeness (QED) is 0.684. The minimum Gasteiger partial charge on any atom is -0.481 e. The topological polar surface area (TPSA) is 80.4 Å². The summed E-state index contributed by atoms with van der Waals surface area (Å²) in [5.74, 6) is -0.315. The van der Waals surface area contributed by atoms with Gasteiger partial charge in [-0.25, -0.2) is 0 Å². The maximum Gasteiger partial charge on any atom is 0.306 e. The van der Waals surface area contributed by atoms with E-state index in [1.807, 2.05) is 0 Å². The van der Waals surface area contributed by atoms with E-state index in [4.69, 9.17) is 10.8 Å². The second-order valence-corrected chi connectivity index (χ2v) is 5.22. The number of rotatable bonds is 8. The molecule has 0 spiro atoms. The van der Waals surface area contributed by atoms with Crippen molar-refractivity contribution in [1.29, 1.82) is 0 Å². The number of hydrogen-bond acceptors (Lipinski definition) is 3. The molecule has 3 N–H and O–H groups in total. The summed E-state index contributed by atoms with van der Waals surface area (Å²) in [5, 5.41) is 8.84. The predicted octanol–water partition coefficient (Wildman–Crippen LogP) is 2.07. The monoisotopic (exact) mass is 243 g/mol. The van der Waals surface area contributed by atoms with E-state index in [1.54, 1.807) is 6.92 Å². The first-order valence-electron chi connectivity index (χ1n) is 6.24. The van der Waals surface area contributed by atoms with Crippen molar-refractivity contribution in [2.75, 3.05) is 0 Å². The summed E-state index contributed by atoms with van der Waals surface area (Å²) in [4.78, 5) is 21.7. The van der Waals surface area contributed by atoms with Crippen LogP contribution in [0, 0.1) is 17.8 Å². The molecular weight excluding hydrogens is 218 g/mol. The van der Waals surface area contributed by atoms with Crippen LogP contribution in [0.15, 0.2) is 0 Å². The van der Waals surface area contributed by atoms with Gasteiger partial charge in [-0.15, -0.1) is 0 Å². The lowest BCUT2D eigenvalue weighted by Gasteiger charge is -2.22. The van der Waals surface area contributed by atoms with Gasteiger partial charge in [-0.2, -0.15) is 0 Å². The first kappa shape index (κ1) is 16.1. The van der Waals surface area contributed by atoms with Crippen LogP contribution < -0.4 is 5.73 Å². The van der Waals surface area contributed by atoms with Gasteiger partial charge in [0.25, 0.3) is 0 Å². The molecule has 4 nitrogen and oxygen atoms in total. The Bertz CT molecular complexity index is 265. The third-order valence-corrected chi connectivity index (χ3v) is 3.57. The van der Waals surface area contributed by atoms with Crippen LogP contribution in [0.1, 0.15) is 47.0 Å². The van der Waals surface area contributed by atoms with Crippen LogP contribution in [0.3, 0.4) is 0 Å². The second kappa shape index (κ2) is 7.43. The van der Waals surface area contributed by atoms with Crippen molar-refractivity contribution in [1.82, 2.24) is 0 Å². The van der Waals surface area contributed by atoms with Crippen molar-refractivity contribution in [2.45, 2.75) is 53.0 Å². The van der Waals surface area contributed by atoms with Gasteiger partial charge < -0.3 is 10.8 Å². The van der Waals surface area contributed by atoms with Crippen molar-refractivity contribution < 1.29 is 14.7 Å². The SMILES string of the molecule is CC(=O)[C@@H](N)CCC(C)C(C)C[C@H](C)C(=O)O. The maximum atomic E-state index is 11.0. The maximum absolute atomic E-state index is 11.0. The third-order valence-electron chi connectivity index (χ3n) is 3.57. The molecule has 0 rings (SSSR count). The van der Waals surface area contributed by atoms with Gasteiger partial charge in [-0.1, -0.05) is 20.8 Å². The van der Waals surface area contributed by atoms with Crippen molar-refractivity contribution in [3.8, 4) is 0 Å². The Hall–Kier alpha value is -0.900. The fourth-order valence-electron chi connectivity index (χ4n) is 1.82. The Morgan fingerprint density at radius 1 is 1.12 bits per heavy atom. The molecule has 0 aromatic carbocycles. The van der Waals surface area contributed by atoms with Gasteiger partial charge in [-0.05, 0) is 38.0 Å². The largest absolute Gasteiger partial charge is 0.481 e. The van der Waals surface area contributed by atoms with E-state index in [0.717, 1.165) is 6.42 Å². The van der Waals surface area contributed by atoms with Gasteiger partial charge in [0.2, 0.25) is 0 Å². The highest BCUT2D eigenvalue weighted by Gasteiger charge is 2.20. The van der Waals surface area contributed by atoms with Gasteiger partial charge in [0.1, 0.15) is 5.78 Å². The number of carbonyl (C=O) groups excluding carboxylic acids is 1. The molecule has 0 heterocycles. The minimum absolute atomic E-state index is 0.0174. The fourth-order valence-corrected chi connectivity index (χ4v) is 1.82. The van der Waals surface area contributed by atoms with Crippen LogP contribution in [0.5, 0.6) is 0 Å².